The molecule has 23 heavy (non-hydrogen) atoms. The molecule has 0 heterocycles. The smallest absolute Gasteiger partial charge is 0.207 e. The summed E-state index contributed by atoms with van der Waals surface area (Å²) in [5, 5.41) is 0. The van der Waals surface area contributed by atoms with Gasteiger partial charge in [-0.3, -0.25) is 0 Å². The molecule has 0 radical (unpaired) electrons. The first-order valence-corrected chi connectivity index (χ1v) is 8.60. The lowest BCUT2D eigenvalue weighted by molar-refractivity contribution is 0.585. The van der Waals surface area contributed by atoms with E-state index in [0.717, 1.165) is 5.56 Å². The molecule has 0 saturated heterocycles. The Morgan fingerprint density at radius 1 is 1.04 bits per heavy atom. The highest BCUT2D eigenvalue weighted by atomic mass is 32.2. The van der Waals surface area contributed by atoms with E-state index < -0.39 is 10.0 Å². The molecule has 3 nitrogen and oxygen atoms in total. The molecule has 5 heteroatoms. The quantitative estimate of drug-likeness (QED) is 0.879. The number of halogens is 1. The lowest BCUT2D eigenvalue weighted by Crippen LogP contribution is -2.25. The number of hydrogen-bond acceptors (Lipinski definition) is 2. The van der Waals surface area contributed by atoms with Crippen molar-refractivity contribution in [1.29, 1.82) is 0 Å². The van der Waals surface area contributed by atoms with Gasteiger partial charge in [0.15, 0.2) is 0 Å². The fourth-order valence-electron chi connectivity index (χ4n) is 2.47. The molecule has 0 fully saturated rings. The normalized spacial score (nSPS) is 11.0. The Morgan fingerprint density at radius 3 is 2.17 bits per heavy atom. The zero-order chi connectivity index (χ0) is 17.0. The molecule has 2 aromatic rings. The van der Waals surface area contributed by atoms with Gasteiger partial charge in [0.05, 0.1) is 11.4 Å². The van der Waals surface area contributed by atoms with Crippen molar-refractivity contribution in [2.45, 2.75) is 25.7 Å². The van der Waals surface area contributed by atoms with Crippen LogP contribution in [0, 0.1) is 38.4 Å². The molecule has 0 aromatic heterocycles. The monoisotopic (exact) mass is 331 g/mol. The van der Waals surface area contributed by atoms with Gasteiger partial charge in [0.1, 0.15) is 5.82 Å². The van der Waals surface area contributed by atoms with Gasteiger partial charge in [-0.15, -0.1) is 0 Å². The summed E-state index contributed by atoms with van der Waals surface area (Å²) in [7, 11) is -3.61. The molecule has 0 spiro atoms. The Kier molecular flexibility index (Phi) is 5.19. The molecule has 0 amide bonds. The van der Waals surface area contributed by atoms with E-state index in [-0.39, 0.29) is 12.4 Å². The molecule has 0 saturated carbocycles. The summed E-state index contributed by atoms with van der Waals surface area (Å²) in [5.41, 5.74) is 3.08. The molecule has 2 aromatic carbocycles. The first kappa shape index (κ1) is 17.2. The lowest BCUT2D eigenvalue weighted by atomic mass is 10.1. The van der Waals surface area contributed by atoms with E-state index in [4.69, 9.17) is 0 Å². The highest BCUT2D eigenvalue weighted by Crippen LogP contribution is 2.21. The van der Waals surface area contributed by atoms with E-state index in [1.165, 1.54) is 12.1 Å². The highest BCUT2D eigenvalue weighted by Gasteiger charge is 2.18. The number of sulfonamides is 1. The summed E-state index contributed by atoms with van der Waals surface area (Å²) in [6.07, 6.45) is 0. The molecule has 0 aliphatic rings. The molecule has 0 bridgehead atoms. The molecule has 0 aliphatic heterocycles. The van der Waals surface area contributed by atoms with Gasteiger partial charge < -0.3 is 0 Å². The summed E-state index contributed by atoms with van der Waals surface area (Å²) in [6.45, 7) is 5.47. The minimum Gasteiger partial charge on any atom is -0.207 e. The Hall–Kier alpha value is -2.16. The standard InChI is InChI=1S/C18H18FNO2S/c1-13-11-14(2)18(15(3)12-13)23(21,22)20-10-4-5-16-6-8-17(19)9-7-16/h6-9,11-12,20H,10H2,1-3H3. The van der Waals surface area contributed by atoms with E-state index in [2.05, 4.69) is 16.6 Å². The summed E-state index contributed by atoms with van der Waals surface area (Å²) in [6, 6.07) is 9.40. The number of hydrogen-bond donors (Lipinski definition) is 1. The van der Waals surface area contributed by atoms with Crippen molar-refractivity contribution in [3.05, 3.63) is 64.5 Å². The number of benzene rings is 2. The maximum atomic E-state index is 12.8. The Morgan fingerprint density at radius 2 is 1.61 bits per heavy atom. The predicted octanol–water partition coefficient (Wildman–Crippen LogP) is 3.08. The number of aryl methyl sites for hydroxylation is 3. The van der Waals surface area contributed by atoms with Crippen LogP contribution in [-0.4, -0.2) is 15.0 Å². The molecule has 0 aliphatic carbocycles. The van der Waals surface area contributed by atoms with Crippen molar-refractivity contribution in [1.82, 2.24) is 4.72 Å². The van der Waals surface area contributed by atoms with Crippen LogP contribution in [0.25, 0.3) is 0 Å². The van der Waals surface area contributed by atoms with Crippen LogP contribution >= 0.6 is 0 Å². The second-order valence-electron chi connectivity index (χ2n) is 5.36. The largest absolute Gasteiger partial charge is 0.241 e. The zero-order valence-electron chi connectivity index (χ0n) is 13.3. The van der Waals surface area contributed by atoms with Crippen LogP contribution in [0.2, 0.25) is 0 Å². The average Bonchev–Trinajstić information content (AvgIpc) is 2.44. The first-order valence-electron chi connectivity index (χ1n) is 7.11. The van der Waals surface area contributed by atoms with Gasteiger partial charge in [-0.25, -0.2) is 12.8 Å². The Bertz CT molecular complexity index is 852. The molecule has 0 unspecified atom stereocenters. The van der Waals surface area contributed by atoms with Gasteiger partial charge in [-0.05, 0) is 56.2 Å². The third kappa shape index (κ3) is 4.41. The van der Waals surface area contributed by atoms with Crippen molar-refractivity contribution in [3.63, 3.8) is 0 Å². The third-order valence-electron chi connectivity index (χ3n) is 3.30. The minimum atomic E-state index is -3.61. The molecule has 2 rings (SSSR count). The van der Waals surface area contributed by atoms with Crippen LogP contribution in [0.3, 0.4) is 0 Å². The molecule has 0 atom stereocenters. The Labute approximate surface area is 136 Å². The van der Waals surface area contributed by atoms with Crippen LogP contribution in [0.5, 0.6) is 0 Å². The zero-order valence-corrected chi connectivity index (χ0v) is 14.1. The van der Waals surface area contributed by atoms with Gasteiger partial charge in [0, 0.05) is 5.56 Å². The van der Waals surface area contributed by atoms with E-state index in [1.807, 2.05) is 19.1 Å². The summed E-state index contributed by atoms with van der Waals surface area (Å²) in [4.78, 5) is 0.298. The van der Waals surface area contributed by atoms with E-state index in [1.54, 1.807) is 26.0 Å². The van der Waals surface area contributed by atoms with Crippen molar-refractivity contribution >= 4 is 10.0 Å². The summed E-state index contributed by atoms with van der Waals surface area (Å²) < 4.78 is 40.1. The minimum absolute atomic E-state index is 0.00747. The van der Waals surface area contributed by atoms with Crippen LogP contribution in [0.15, 0.2) is 41.3 Å². The average molecular weight is 331 g/mol. The number of nitrogens with one attached hydrogen (secondary N) is 1. The van der Waals surface area contributed by atoms with E-state index in [9.17, 15) is 12.8 Å². The predicted molar refractivity (Wildman–Crippen MR) is 89.1 cm³/mol. The number of rotatable bonds is 3. The Balaban J connectivity index is 2.13. The van der Waals surface area contributed by atoms with Crippen LogP contribution in [-0.2, 0) is 10.0 Å². The van der Waals surface area contributed by atoms with Crippen molar-refractivity contribution in [3.8, 4) is 11.8 Å². The van der Waals surface area contributed by atoms with Crippen molar-refractivity contribution in [2.75, 3.05) is 6.54 Å². The maximum Gasteiger partial charge on any atom is 0.241 e. The van der Waals surface area contributed by atoms with Crippen molar-refractivity contribution in [2.24, 2.45) is 0 Å². The van der Waals surface area contributed by atoms with Crippen LogP contribution in [0.4, 0.5) is 4.39 Å². The van der Waals surface area contributed by atoms with Crippen LogP contribution < -0.4 is 4.72 Å². The second kappa shape index (κ2) is 6.95. The molecule has 1 N–H and O–H groups in total. The third-order valence-corrected chi connectivity index (χ3v) is 5.01. The molecule has 120 valence electrons. The van der Waals surface area contributed by atoms with Gasteiger partial charge >= 0.3 is 0 Å². The molecular weight excluding hydrogens is 313 g/mol. The van der Waals surface area contributed by atoms with Gasteiger partial charge in [0.2, 0.25) is 10.0 Å². The summed E-state index contributed by atoms with van der Waals surface area (Å²) >= 11 is 0. The SMILES string of the molecule is Cc1cc(C)c(S(=O)(=O)NCC#Cc2ccc(F)cc2)c(C)c1. The van der Waals surface area contributed by atoms with Crippen molar-refractivity contribution < 1.29 is 12.8 Å². The van der Waals surface area contributed by atoms with Crippen LogP contribution in [0.1, 0.15) is 22.3 Å². The molecular formula is C18H18FNO2S. The van der Waals surface area contributed by atoms with Gasteiger partial charge in [-0.1, -0.05) is 29.5 Å². The second-order valence-corrected chi connectivity index (χ2v) is 7.06. The highest BCUT2D eigenvalue weighted by molar-refractivity contribution is 7.89. The fraction of sp³-hybridized carbons (Fsp3) is 0.222. The van der Waals surface area contributed by atoms with E-state index >= 15 is 0 Å². The first-order chi connectivity index (χ1) is 10.8. The van der Waals surface area contributed by atoms with Gasteiger partial charge in [0.25, 0.3) is 0 Å². The topological polar surface area (TPSA) is 46.2 Å². The fourth-order valence-corrected chi connectivity index (χ4v) is 3.85. The van der Waals surface area contributed by atoms with Gasteiger partial charge in [-0.2, -0.15) is 4.72 Å². The van der Waals surface area contributed by atoms with E-state index in [0.29, 0.717) is 21.6 Å². The lowest BCUT2D eigenvalue weighted by Gasteiger charge is -2.11. The maximum absolute atomic E-state index is 12.8. The summed E-state index contributed by atoms with van der Waals surface area (Å²) in [5.74, 6) is 5.19.